The fourth-order valence-corrected chi connectivity index (χ4v) is 3.87. The maximum absolute atomic E-state index is 12.8. The van der Waals surface area contributed by atoms with Gasteiger partial charge in [0.2, 0.25) is 11.7 Å². The van der Waals surface area contributed by atoms with E-state index < -0.39 is 5.97 Å². The Labute approximate surface area is 187 Å². The molecular weight excluding hydrogens is 404 g/mol. The van der Waals surface area contributed by atoms with Crippen molar-refractivity contribution >= 4 is 17.6 Å². The van der Waals surface area contributed by atoms with Crippen molar-refractivity contribution in [3.8, 4) is 5.75 Å². The summed E-state index contributed by atoms with van der Waals surface area (Å²) >= 11 is 0. The van der Waals surface area contributed by atoms with Gasteiger partial charge in [0.15, 0.2) is 0 Å². The first-order valence-electron chi connectivity index (χ1n) is 10.9. The quantitative estimate of drug-likeness (QED) is 0.347. The Bertz CT molecular complexity index is 1140. The molecule has 2 aromatic carbocycles. The molecule has 0 aliphatic heterocycles. The van der Waals surface area contributed by atoms with Gasteiger partial charge in [-0.1, -0.05) is 49.4 Å². The van der Waals surface area contributed by atoms with E-state index in [9.17, 15) is 9.59 Å². The normalized spacial score (nSPS) is 14.1. The summed E-state index contributed by atoms with van der Waals surface area (Å²) < 4.78 is 11.4. The summed E-state index contributed by atoms with van der Waals surface area (Å²) in [5.41, 5.74) is 6.95. The fourth-order valence-electron chi connectivity index (χ4n) is 3.87. The lowest BCUT2D eigenvalue weighted by Gasteiger charge is -2.13. The van der Waals surface area contributed by atoms with Crippen LogP contribution in [0.4, 0.5) is 0 Å². The van der Waals surface area contributed by atoms with E-state index in [2.05, 4.69) is 17.5 Å². The molecule has 164 valence electrons. The summed E-state index contributed by atoms with van der Waals surface area (Å²) in [6.45, 7) is 3.90. The molecule has 1 N–H and O–H groups in total. The third kappa shape index (κ3) is 4.80. The maximum Gasteiger partial charge on any atom is 0.379 e. The van der Waals surface area contributed by atoms with Crippen LogP contribution in [-0.2, 0) is 24.1 Å². The predicted octanol–water partition coefficient (Wildman–Crippen LogP) is 4.77. The SMILES string of the molecule is CCc1ccc(OC(=O)c2oc3c(c2C)/C(=N/NC(=O)Cc2ccccc2)CCC3)cc1. The molecule has 0 unspecified atom stereocenters. The molecule has 0 bridgehead atoms. The summed E-state index contributed by atoms with van der Waals surface area (Å²) in [6, 6.07) is 16.9. The zero-order valence-electron chi connectivity index (χ0n) is 18.3. The number of amides is 1. The van der Waals surface area contributed by atoms with E-state index in [1.165, 1.54) is 5.56 Å². The van der Waals surface area contributed by atoms with Crippen LogP contribution in [0.15, 0.2) is 64.1 Å². The number of ether oxygens (including phenoxy) is 1. The van der Waals surface area contributed by atoms with Gasteiger partial charge in [-0.25, -0.2) is 10.2 Å². The smallest absolute Gasteiger partial charge is 0.379 e. The number of furan rings is 1. The van der Waals surface area contributed by atoms with Crippen molar-refractivity contribution in [3.05, 3.63) is 88.4 Å². The van der Waals surface area contributed by atoms with Gasteiger partial charge in [0.05, 0.1) is 12.1 Å². The minimum atomic E-state index is -0.534. The van der Waals surface area contributed by atoms with Crippen molar-refractivity contribution in [2.24, 2.45) is 5.10 Å². The van der Waals surface area contributed by atoms with E-state index in [-0.39, 0.29) is 18.1 Å². The first-order valence-corrected chi connectivity index (χ1v) is 10.9. The van der Waals surface area contributed by atoms with Gasteiger partial charge in [0, 0.05) is 17.5 Å². The Balaban J connectivity index is 1.49. The van der Waals surface area contributed by atoms with Crippen molar-refractivity contribution < 1.29 is 18.7 Å². The number of aryl methyl sites for hydroxylation is 2. The predicted molar refractivity (Wildman–Crippen MR) is 122 cm³/mol. The van der Waals surface area contributed by atoms with Crippen molar-refractivity contribution in [1.29, 1.82) is 0 Å². The minimum Gasteiger partial charge on any atom is -0.453 e. The molecule has 32 heavy (non-hydrogen) atoms. The minimum absolute atomic E-state index is 0.180. The van der Waals surface area contributed by atoms with Crippen LogP contribution in [0.5, 0.6) is 5.75 Å². The Kier molecular flexibility index (Phi) is 6.50. The van der Waals surface area contributed by atoms with E-state index in [1.807, 2.05) is 49.4 Å². The summed E-state index contributed by atoms with van der Waals surface area (Å²) in [7, 11) is 0. The van der Waals surface area contributed by atoms with Gasteiger partial charge in [-0.05, 0) is 49.4 Å². The van der Waals surface area contributed by atoms with E-state index in [0.717, 1.165) is 29.7 Å². The van der Waals surface area contributed by atoms with Crippen LogP contribution in [0.1, 0.15) is 58.3 Å². The number of hydrazone groups is 1. The number of rotatable bonds is 6. The van der Waals surface area contributed by atoms with Crippen LogP contribution >= 0.6 is 0 Å². The number of benzene rings is 2. The summed E-state index contributed by atoms with van der Waals surface area (Å²) in [5.74, 6) is 0.640. The zero-order chi connectivity index (χ0) is 22.5. The highest BCUT2D eigenvalue weighted by Crippen LogP contribution is 2.30. The van der Waals surface area contributed by atoms with Crippen molar-refractivity contribution in [2.75, 3.05) is 0 Å². The number of hydrogen-bond donors (Lipinski definition) is 1. The third-order valence-electron chi connectivity index (χ3n) is 5.58. The second-order valence-electron chi connectivity index (χ2n) is 7.85. The zero-order valence-corrected chi connectivity index (χ0v) is 18.3. The molecule has 0 spiro atoms. The lowest BCUT2D eigenvalue weighted by atomic mass is 9.93. The van der Waals surface area contributed by atoms with Crippen LogP contribution in [-0.4, -0.2) is 17.6 Å². The molecule has 4 rings (SSSR count). The molecule has 1 heterocycles. The molecule has 6 heteroatoms. The average Bonchev–Trinajstić information content (AvgIpc) is 3.16. The van der Waals surface area contributed by atoms with Gasteiger partial charge in [-0.2, -0.15) is 5.10 Å². The van der Waals surface area contributed by atoms with E-state index in [0.29, 0.717) is 29.9 Å². The highest BCUT2D eigenvalue weighted by Gasteiger charge is 2.29. The Morgan fingerprint density at radius 2 is 1.78 bits per heavy atom. The van der Waals surface area contributed by atoms with Crippen molar-refractivity contribution in [1.82, 2.24) is 5.43 Å². The fraction of sp³-hybridized carbons (Fsp3) is 0.269. The lowest BCUT2D eigenvalue weighted by Crippen LogP contribution is -2.23. The molecule has 6 nitrogen and oxygen atoms in total. The Hall–Kier alpha value is -3.67. The van der Waals surface area contributed by atoms with Gasteiger partial charge < -0.3 is 9.15 Å². The van der Waals surface area contributed by atoms with Crippen LogP contribution in [0.3, 0.4) is 0 Å². The third-order valence-corrected chi connectivity index (χ3v) is 5.58. The largest absolute Gasteiger partial charge is 0.453 e. The molecule has 0 atom stereocenters. The number of carbonyl (C=O) groups is 2. The average molecular weight is 431 g/mol. The topological polar surface area (TPSA) is 80.9 Å². The van der Waals surface area contributed by atoms with Crippen LogP contribution < -0.4 is 10.2 Å². The molecule has 0 saturated heterocycles. The van der Waals surface area contributed by atoms with Crippen molar-refractivity contribution in [3.63, 3.8) is 0 Å². The highest BCUT2D eigenvalue weighted by molar-refractivity contribution is 6.06. The standard InChI is InChI=1S/C26H26N2O4/c1-3-18-12-14-20(15-13-18)31-26(30)25-17(2)24-21(10-7-11-22(24)32-25)27-28-23(29)16-19-8-5-4-6-9-19/h4-6,8-9,12-15H,3,7,10-11,16H2,1-2H3,(H,28,29)/b27-21+. The summed E-state index contributed by atoms with van der Waals surface area (Å²) in [5, 5.41) is 4.36. The molecule has 0 radical (unpaired) electrons. The summed E-state index contributed by atoms with van der Waals surface area (Å²) in [6.07, 6.45) is 3.42. The number of hydrogen-bond acceptors (Lipinski definition) is 5. The van der Waals surface area contributed by atoms with Gasteiger partial charge in [0.25, 0.3) is 0 Å². The van der Waals surface area contributed by atoms with E-state index in [1.54, 1.807) is 12.1 Å². The second kappa shape index (κ2) is 9.64. The first-order chi connectivity index (χ1) is 15.5. The first kappa shape index (κ1) is 21.6. The number of esters is 1. The molecule has 1 aliphatic carbocycles. The number of fused-ring (bicyclic) bond motifs is 1. The number of carbonyl (C=O) groups excluding carboxylic acids is 2. The second-order valence-corrected chi connectivity index (χ2v) is 7.85. The highest BCUT2D eigenvalue weighted by atomic mass is 16.5. The van der Waals surface area contributed by atoms with Gasteiger partial charge >= 0.3 is 5.97 Å². The van der Waals surface area contributed by atoms with E-state index >= 15 is 0 Å². The lowest BCUT2D eigenvalue weighted by molar-refractivity contribution is -0.120. The maximum atomic E-state index is 12.8. The monoisotopic (exact) mass is 430 g/mol. The van der Waals surface area contributed by atoms with Crippen LogP contribution in [0.2, 0.25) is 0 Å². The number of nitrogens with zero attached hydrogens (tertiary/aromatic N) is 1. The summed E-state index contributed by atoms with van der Waals surface area (Å²) in [4.78, 5) is 25.1. The Morgan fingerprint density at radius 1 is 1.03 bits per heavy atom. The van der Waals surface area contributed by atoms with Crippen LogP contribution in [0, 0.1) is 6.92 Å². The van der Waals surface area contributed by atoms with Gasteiger partial charge in [-0.3, -0.25) is 4.79 Å². The molecular formula is C26H26N2O4. The molecule has 0 saturated carbocycles. The van der Waals surface area contributed by atoms with Gasteiger partial charge in [0.1, 0.15) is 11.5 Å². The molecule has 1 aromatic heterocycles. The van der Waals surface area contributed by atoms with Gasteiger partial charge in [-0.15, -0.1) is 0 Å². The molecule has 1 aliphatic rings. The molecule has 3 aromatic rings. The Morgan fingerprint density at radius 3 is 2.50 bits per heavy atom. The van der Waals surface area contributed by atoms with Crippen molar-refractivity contribution in [2.45, 2.75) is 46.0 Å². The molecule has 0 fully saturated rings. The van der Waals surface area contributed by atoms with Crippen LogP contribution in [0.25, 0.3) is 0 Å². The van der Waals surface area contributed by atoms with E-state index in [4.69, 9.17) is 9.15 Å². The molecule has 1 amide bonds. The number of nitrogens with one attached hydrogen (secondary N) is 1.